The number of hydrogen-bond acceptors (Lipinski definition) is 2. The van der Waals surface area contributed by atoms with Crippen LogP contribution in [0.5, 0.6) is 5.75 Å². The Morgan fingerprint density at radius 2 is 2.17 bits per heavy atom. The van der Waals surface area contributed by atoms with Gasteiger partial charge in [0.15, 0.2) is 0 Å². The summed E-state index contributed by atoms with van der Waals surface area (Å²) in [7, 11) is 3.77. The van der Waals surface area contributed by atoms with E-state index in [1.54, 1.807) is 7.11 Å². The standard InChI is InChI=1S/C15H22BrNO/c1-10(12-5-6-12)14(17-2)9-11-4-7-15(18-3)13(16)8-11/h4,7-8,10,12,14,17H,5-6,9H2,1-3H3. The second-order valence-electron chi connectivity index (χ2n) is 5.26. The van der Waals surface area contributed by atoms with Gasteiger partial charge in [-0.25, -0.2) is 0 Å². The molecular weight excluding hydrogens is 290 g/mol. The predicted molar refractivity (Wildman–Crippen MR) is 79.1 cm³/mol. The van der Waals surface area contributed by atoms with E-state index in [2.05, 4.69) is 47.4 Å². The van der Waals surface area contributed by atoms with Crippen LogP contribution in [0.1, 0.15) is 25.3 Å². The second-order valence-corrected chi connectivity index (χ2v) is 6.12. The molecule has 1 fully saturated rings. The molecule has 1 N–H and O–H groups in total. The zero-order valence-electron chi connectivity index (χ0n) is 11.4. The summed E-state index contributed by atoms with van der Waals surface area (Å²) in [6.07, 6.45) is 3.90. The van der Waals surface area contributed by atoms with Gasteiger partial charge >= 0.3 is 0 Å². The van der Waals surface area contributed by atoms with Gasteiger partial charge in [0, 0.05) is 6.04 Å². The van der Waals surface area contributed by atoms with Crippen LogP contribution in [0.3, 0.4) is 0 Å². The molecule has 0 aromatic heterocycles. The van der Waals surface area contributed by atoms with Crippen molar-refractivity contribution in [2.75, 3.05) is 14.2 Å². The predicted octanol–water partition coefficient (Wildman–Crippen LogP) is 3.63. The van der Waals surface area contributed by atoms with E-state index in [-0.39, 0.29) is 0 Å². The molecule has 2 nitrogen and oxygen atoms in total. The van der Waals surface area contributed by atoms with Crippen LogP contribution in [0.15, 0.2) is 22.7 Å². The summed E-state index contributed by atoms with van der Waals surface area (Å²) in [5.41, 5.74) is 1.36. The first-order chi connectivity index (χ1) is 8.65. The van der Waals surface area contributed by atoms with Crippen molar-refractivity contribution >= 4 is 15.9 Å². The summed E-state index contributed by atoms with van der Waals surface area (Å²) in [5.74, 6) is 2.59. The van der Waals surface area contributed by atoms with Crippen molar-refractivity contribution in [2.24, 2.45) is 11.8 Å². The quantitative estimate of drug-likeness (QED) is 0.866. The minimum atomic E-state index is 0.567. The van der Waals surface area contributed by atoms with Crippen LogP contribution in [0.4, 0.5) is 0 Å². The summed E-state index contributed by atoms with van der Waals surface area (Å²) >= 11 is 3.55. The van der Waals surface area contributed by atoms with Gasteiger partial charge in [-0.3, -0.25) is 0 Å². The molecule has 0 amide bonds. The molecule has 1 saturated carbocycles. The van der Waals surface area contributed by atoms with Gasteiger partial charge in [-0.15, -0.1) is 0 Å². The van der Waals surface area contributed by atoms with E-state index < -0.39 is 0 Å². The van der Waals surface area contributed by atoms with E-state index in [4.69, 9.17) is 4.74 Å². The lowest BCUT2D eigenvalue weighted by Gasteiger charge is -2.23. The fraction of sp³-hybridized carbons (Fsp3) is 0.600. The highest BCUT2D eigenvalue weighted by molar-refractivity contribution is 9.10. The molecule has 1 aromatic rings. The maximum Gasteiger partial charge on any atom is 0.133 e. The molecule has 0 aliphatic heterocycles. The van der Waals surface area contributed by atoms with Gasteiger partial charge in [-0.1, -0.05) is 13.0 Å². The highest BCUT2D eigenvalue weighted by Crippen LogP contribution is 2.39. The van der Waals surface area contributed by atoms with E-state index in [0.29, 0.717) is 6.04 Å². The zero-order valence-corrected chi connectivity index (χ0v) is 13.0. The largest absolute Gasteiger partial charge is 0.496 e. The average Bonchev–Trinajstić information content (AvgIpc) is 3.19. The summed E-state index contributed by atoms with van der Waals surface area (Å²) in [5, 5.41) is 3.47. The van der Waals surface area contributed by atoms with E-state index in [1.165, 1.54) is 18.4 Å². The van der Waals surface area contributed by atoms with Crippen molar-refractivity contribution in [3.05, 3.63) is 28.2 Å². The van der Waals surface area contributed by atoms with Gasteiger partial charge in [-0.2, -0.15) is 0 Å². The second kappa shape index (κ2) is 6.07. The summed E-state index contributed by atoms with van der Waals surface area (Å²) in [4.78, 5) is 0. The molecule has 18 heavy (non-hydrogen) atoms. The molecule has 0 bridgehead atoms. The van der Waals surface area contributed by atoms with E-state index in [0.717, 1.165) is 28.5 Å². The van der Waals surface area contributed by atoms with Gasteiger partial charge in [0.2, 0.25) is 0 Å². The smallest absolute Gasteiger partial charge is 0.133 e. The average molecular weight is 312 g/mol. The Labute approximate surface area is 118 Å². The molecule has 2 atom stereocenters. The number of hydrogen-bond donors (Lipinski definition) is 1. The van der Waals surface area contributed by atoms with Gasteiger partial charge in [-0.05, 0) is 71.8 Å². The Bertz CT molecular complexity index is 403. The Morgan fingerprint density at radius 3 is 2.67 bits per heavy atom. The molecule has 3 heteroatoms. The van der Waals surface area contributed by atoms with E-state index in [9.17, 15) is 0 Å². The third-order valence-corrected chi connectivity index (χ3v) is 4.66. The summed E-state index contributed by atoms with van der Waals surface area (Å²) in [6.45, 7) is 2.37. The lowest BCUT2D eigenvalue weighted by molar-refractivity contribution is 0.357. The molecule has 0 heterocycles. The first kappa shape index (κ1) is 13.9. The first-order valence-electron chi connectivity index (χ1n) is 6.65. The van der Waals surface area contributed by atoms with Gasteiger partial charge in [0.25, 0.3) is 0 Å². The molecule has 0 spiro atoms. The first-order valence-corrected chi connectivity index (χ1v) is 7.44. The molecule has 2 unspecified atom stereocenters. The van der Waals surface area contributed by atoms with Gasteiger partial charge in [0.05, 0.1) is 11.6 Å². The third kappa shape index (κ3) is 3.27. The molecule has 2 rings (SSSR count). The highest BCUT2D eigenvalue weighted by Gasteiger charge is 2.32. The number of benzene rings is 1. The lowest BCUT2D eigenvalue weighted by Crippen LogP contribution is -2.35. The monoisotopic (exact) mass is 311 g/mol. The van der Waals surface area contributed by atoms with Crippen molar-refractivity contribution < 1.29 is 4.74 Å². The van der Waals surface area contributed by atoms with E-state index >= 15 is 0 Å². The molecule has 1 aliphatic rings. The normalized spacial score (nSPS) is 18.4. The van der Waals surface area contributed by atoms with Crippen LogP contribution < -0.4 is 10.1 Å². The summed E-state index contributed by atoms with van der Waals surface area (Å²) < 4.78 is 6.30. The zero-order chi connectivity index (χ0) is 13.1. The van der Waals surface area contributed by atoms with Crippen LogP contribution in [0.2, 0.25) is 0 Å². The number of methoxy groups -OCH3 is 1. The number of likely N-dealkylation sites (N-methyl/N-ethyl adjacent to an activating group) is 1. The Hall–Kier alpha value is -0.540. The van der Waals surface area contributed by atoms with Crippen LogP contribution in [0, 0.1) is 11.8 Å². The topological polar surface area (TPSA) is 21.3 Å². The molecule has 0 radical (unpaired) electrons. The van der Waals surface area contributed by atoms with Gasteiger partial charge < -0.3 is 10.1 Å². The highest BCUT2D eigenvalue weighted by atomic mass is 79.9. The Balaban J connectivity index is 2.04. The molecule has 1 aromatic carbocycles. The number of ether oxygens (including phenoxy) is 1. The molecule has 100 valence electrons. The van der Waals surface area contributed by atoms with Crippen molar-refractivity contribution in [1.82, 2.24) is 5.32 Å². The van der Waals surface area contributed by atoms with Crippen LogP contribution in [-0.2, 0) is 6.42 Å². The Kier molecular flexibility index (Phi) is 4.68. The SMILES string of the molecule is CNC(Cc1ccc(OC)c(Br)c1)C(C)C1CC1. The van der Waals surface area contributed by atoms with Crippen molar-refractivity contribution in [3.63, 3.8) is 0 Å². The maximum atomic E-state index is 5.26. The molecular formula is C15H22BrNO. The fourth-order valence-electron chi connectivity index (χ4n) is 2.59. The fourth-order valence-corrected chi connectivity index (χ4v) is 3.18. The maximum absolute atomic E-state index is 5.26. The Morgan fingerprint density at radius 1 is 1.44 bits per heavy atom. The number of nitrogens with one attached hydrogen (secondary N) is 1. The van der Waals surface area contributed by atoms with Gasteiger partial charge in [0.1, 0.15) is 5.75 Å². The minimum absolute atomic E-state index is 0.567. The van der Waals surface area contributed by atoms with Crippen LogP contribution >= 0.6 is 15.9 Å². The number of rotatable bonds is 6. The molecule has 1 aliphatic carbocycles. The van der Waals surface area contributed by atoms with Crippen LogP contribution in [-0.4, -0.2) is 20.2 Å². The summed E-state index contributed by atoms with van der Waals surface area (Å²) in [6, 6.07) is 6.93. The molecule has 0 saturated heterocycles. The van der Waals surface area contributed by atoms with Crippen molar-refractivity contribution in [3.8, 4) is 5.75 Å². The lowest BCUT2D eigenvalue weighted by atomic mass is 9.91. The van der Waals surface area contributed by atoms with Crippen molar-refractivity contribution in [1.29, 1.82) is 0 Å². The minimum Gasteiger partial charge on any atom is -0.496 e. The van der Waals surface area contributed by atoms with Crippen LogP contribution in [0.25, 0.3) is 0 Å². The third-order valence-electron chi connectivity index (χ3n) is 4.04. The van der Waals surface area contributed by atoms with E-state index in [1.807, 2.05) is 6.07 Å². The number of halogens is 1. The van der Waals surface area contributed by atoms with Crippen molar-refractivity contribution in [2.45, 2.75) is 32.2 Å².